The second-order valence-electron chi connectivity index (χ2n) is 4.20. The Morgan fingerprint density at radius 1 is 1.40 bits per heavy atom. The highest BCUT2D eigenvalue weighted by atomic mass is 15.2. The molecule has 0 atom stereocenters. The standard InChI is InChI=1S/C11H20N4/c1-3-10-8(2)14-15-11(10)13-9-4-6-12-7-5-9/h9,12H,3-7H2,1-2H3,(H2,13,14,15). The van der Waals surface area contributed by atoms with Crippen LogP contribution in [0.25, 0.3) is 0 Å². The topological polar surface area (TPSA) is 52.7 Å². The molecule has 1 aromatic heterocycles. The average Bonchev–Trinajstić information content (AvgIpc) is 2.61. The summed E-state index contributed by atoms with van der Waals surface area (Å²) in [5.41, 5.74) is 2.52. The largest absolute Gasteiger partial charge is 0.366 e. The summed E-state index contributed by atoms with van der Waals surface area (Å²) in [4.78, 5) is 0. The summed E-state index contributed by atoms with van der Waals surface area (Å²) in [7, 11) is 0. The van der Waals surface area contributed by atoms with Gasteiger partial charge in [-0.3, -0.25) is 5.10 Å². The lowest BCUT2D eigenvalue weighted by atomic mass is 10.1. The highest BCUT2D eigenvalue weighted by Gasteiger charge is 2.16. The molecule has 0 bridgehead atoms. The molecule has 15 heavy (non-hydrogen) atoms. The molecule has 0 amide bonds. The molecule has 1 aromatic rings. The van der Waals surface area contributed by atoms with Crippen LogP contribution in [0, 0.1) is 6.92 Å². The van der Waals surface area contributed by atoms with Gasteiger partial charge in [0.2, 0.25) is 0 Å². The molecule has 0 spiro atoms. The first-order valence-corrected chi connectivity index (χ1v) is 5.82. The fourth-order valence-electron chi connectivity index (χ4n) is 2.16. The maximum Gasteiger partial charge on any atom is 0.151 e. The highest BCUT2D eigenvalue weighted by molar-refractivity contribution is 5.47. The van der Waals surface area contributed by atoms with Crippen molar-refractivity contribution in [1.29, 1.82) is 0 Å². The van der Waals surface area contributed by atoms with E-state index in [1.807, 2.05) is 0 Å². The van der Waals surface area contributed by atoms with Gasteiger partial charge in [-0.1, -0.05) is 6.92 Å². The number of piperidine rings is 1. The van der Waals surface area contributed by atoms with Crippen LogP contribution in [0.15, 0.2) is 0 Å². The Hall–Kier alpha value is -1.03. The summed E-state index contributed by atoms with van der Waals surface area (Å²) in [6.07, 6.45) is 3.42. The summed E-state index contributed by atoms with van der Waals surface area (Å²) in [5, 5.41) is 14.3. The molecule has 4 heteroatoms. The normalized spacial score (nSPS) is 18.0. The van der Waals surface area contributed by atoms with Gasteiger partial charge in [-0.15, -0.1) is 0 Å². The number of anilines is 1. The van der Waals surface area contributed by atoms with Gasteiger partial charge in [-0.05, 0) is 39.3 Å². The third-order valence-corrected chi connectivity index (χ3v) is 3.11. The van der Waals surface area contributed by atoms with Crippen molar-refractivity contribution < 1.29 is 0 Å². The molecule has 84 valence electrons. The molecular weight excluding hydrogens is 188 g/mol. The maximum atomic E-state index is 4.32. The number of aryl methyl sites for hydroxylation is 1. The number of hydrogen-bond donors (Lipinski definition) is 3. The van der Waals surface area contributed by atoms with Crippen LogP contribution in [0.3, 0.4) is 0 Å². The highest BCUT2D eigenvalue weighted by Crippen LogP contribution is 2.19. The van der Waals surface area contributed by atoms with Gasteiger partial charge >= 0.3 is 0 Å². The van der Waals surface area contributed by atoms with E-state index in [1.165, 1.54) is 24.1 Å². The van der Waals surface area contributed by atoms with E-state index in [0.717, 1.165) is 25.3 Å². The minimum atomic E-state index is 0.583. The minimum absolute atomic E-state index is 0.583. The lowest BCUT2D eigenvalue weighted by molar-refractivity contribution is 0.478. The second kappa shape index (κ2) is 4.66. The van der Waals surface area contributed by atoms with Crippen molar-refractivity contribution in [2.75, 3.05) is 18.4 Å². The Morgan fingerprint density at radius 2 is 2.13 bits per heavy atom. The number of aromatic nitrogens is 2. The van der Waals surface area contributed by atoms with Gasteiger partial charge in [0.15, 0.2) is 5.82 Å². The van der Waals surface area contributed by atoms with Crippen molar-refractivity contribution in [3.8, 4) is 0 Å². The third kappa shape index (κ3) is 2.31. The number of hydrogen-bond acceptors (Lipinski definition) is 3. The van der Waals surface area contributed by atoms with Gasteiger partial charge in [0.05, 0.1) is 0 Å². The summed E-state index contributed by atoms with van der Waals surface area (Å²) in [6, 6.07) is 0.583. The van der Waals surface area contributed by atoms with Crippen molar-refractivity contribution in [3.05, 3.63) is 11.3 Å². The van der Waals surface area contributed by atoms with Crippen molar-refractivity contribution in [2.24, 2.45) is 0 Å². The van der Waals surface area contributed by atoms with E-state index in [-0.39, 0.29) is 0 Å². The van der Waals surface area contributed by atoms with Crippen LogP contribution in [0.2, 0.25) is 0 Å². The molecule has 0 saturated carbocycles. The van der Waals surface area contributed by atoms with E-state index in [4.69, 9.17) is 0 Å². The first-order valence-electron chi connectivity index (χ1n) is 5.82. The maximum absolute atomic E-state index is 4.32. The van der Waals surface area contributed by atoms with Gasteiger partial charge in [0.1, 0.15) is 0 Å². The van der Waals surface area contributed by atoms with Crippen molar-refractivity contribution >= 4 is 5.82 Å². The van der Waals surface area contributed by atoms with Crippen LogP contribution >= 0.6 is 0 Å². The molecule has 0 unspecified atom stereocenters. The summed E-state index contributed by atoms with van der Waals surface area (Å²) in [6.45, 7) is 6.48. The molecule has 3 N–H and O–H groups in total. The summed E-state index contributed by atoms with van der Waals surface area (Å²) >= 11 is 0. The minimum Gasteiger partial charge on any atom is -0.366 e. The van der Waals surface area contributed by atoms with E-state index >= 15 is 0 Å². The van der Waals surface area contributed by atoms with E-state index in [9.17, 15) is 0 Å². The quantitative estimate of drug-likeness (QED) is 0.704. The zero-order chi connectivity index (χ0) is 10.7. The van der Waals surface area contributed by atoms with Crippen LogP contribution in [0.4, 0.5) is 5.82 Å². The molecule has 2 rings (SSSR count). The molecule has 1 aliphatic heterocycles. The second-order valence-corrected chi connectivity index (χ2v) is 4.20. The lowest BCUT2D eigenvalue weighted by Gasteiger charge is -2.24. The predicted molar refractivity (Wildman–Crippen MR) is 62.2 cm³/mol. The molecular formula is C11H20N4. The van der Waals surface area contributed by atoms with Crippen LogP contribution in [-0.2, 0) is 6.42 Å². The van der Waals surface area contributed by atoms with E-state index in [0.29, 0.717) is 6.04 Å². The van der Waals surface area contributed by atoms with Crippen LogP contribution in [0.5, 0.6) is 0 Å². The number of rotatable bonds is 3. The number of H-pyrrole nitrogens is 1. The molecule has 4 nitrogen and oxygen atoms in total. The monoisotopic (exact) mass is 208 g/mol. The molecule has 0 radical (unpaired) electrons. The molecule has 1 saturated heterocycles. The van der Waals surface area contributed by atoms with Gasteiger partial charge in [-0.25, -0.2) is 0 Å². The fourth-order valence-corrected chi connectivity index (χ4v) is 2.16. The van der Waals surface area contributed by atoms with E-state index in [2.05, 4.69) is 34.7 Å². The number of nitrogens with zero attached hydrogens (tertiary/aromatic N) is 1. The van der Waals surface area contributed by atoms with Crippen LogP contribution in [-0.4, -0.2) is 29.3 Å². The van der Waals surface area contributed by atoms with Crippen molar-refractivity contribution in [2.45, 2.75) is 39.2 Å². The molecule has 0 aliphatic carbocycles. The molecule has 0 aromatic carbocycles. The summed E-state index contributed by atoms with van der Waals surface area (Å²) in [5.74, 6) is 1.06. The van der Waals surface area contributed by atoms with Gasteiger partial charge in [-0.2, -0.15) is 5.10 Å². The fraction of sp³-hybridized carbons (Fsp3) is 0.727. The van der Waals surface area contributed by atoms with E-state index < -0.39 is 0 Å². The van der Waals surface area contributed by atoms with Crippen LogP contribution in [0.1, 0.15) is 31.0 Å². The smallest absolute Gasteiger partial charge is 0.151 e. The predicted octanol–water partition coefficient (Wildman–Crippen LogP) is 1.44. The Bertz CT molecular complexity index is 312. The van der Waals surface area contributed by atoms with Gasteiger partial charge < -0.3 is 10.6 Å². The Labute approximate surface area is 90.8 Å². The first-order chi connectivity index (χ1) is 7.31. The zero-order valence-corrected chi connectivity index (χ0v) is 9.56. The number of nitrogens with one attached hydrogen (secondary N) is 3. The van der Waals surface area contributed by atoms with Gasteiger partial charge in [0.25, 0.3) is 0 Å². The first kappa shape index (κ1) is 10.5. The third-order valence-electron chi connectivity index (χ3n) is 3.11. The molecule has 2 heterocycles. The summed E-state index contributed by atoms with van der Waals surface area (Å²) < 4.78 is 0. The van der Waals surface area contributed by atoms with Gasteiger partial charge in [0, 0.05) is 17.3 Å². The Balaban J connectivity index is 2.02. The molecule has 1 fully saturated rings. The zero-order valence-electron chi connectivity index (χ0n) is 9.56. The van der Waals surface area contributed by atoms with Crippen molar-refractivity contribution in [3.63, 3.8) is 0 Å². The van der Waals surface area contributed by atoms with Crippen LogP contribution < -0.4 is 10.6 Å². The number of aromatic amines is 1. The molecule has 1 aliphatic rings. The Kier molecular flexibility index (Phi) is 3.26. The SMILES string of the molecule is CCc1c(NC2CCNCC2)n[nH]c1C. The Morgan fingerprint density at radius 3 is 2.80 bits per heavy atom. The average molecular weight is 208 g/mol. The lowest BCUT2D eigenvalue weighted by Crippen LogP contribution is -2.35. The van der Waals surface area contributed by atoms with E-state index in [1.54, 1.807) is 0 Å². The van der Waals surface area contributed by atoms with Crippen molar-refractivity contribution in [1.82, 2.24) is 15.5 Å².